The number of halogens is 4. The van der Waals surface area contributed by atoms with Crippen molar-refractivity contribution < 1.29 is 27.8 Å². The maximum absolute atomic E-state index is 13.8. The lowest BCUT2D eigenvalue weighted by Gasteiger charge is -2.14. The van der Waals surface area contributed by atoms with E-state index >= 15 is 0 Å². The molecule has 0 heterocycles. The van der Waals surface area contributed by atoms with Gasteiger partial charge in [-0.2, -0.15) is 0 Å². The fourth-order valence-electron chi connectivity index (χ4n) is 1.90. The minimum atomic E-state index is -1.29. The van der Waals surface area contributed by atoms with Crippen LogP contribution in [-0.4, -0.2) is 22.7 Å². The second-order valence-corrected chi connectivity index (χ2v) is 6.19. The van der Waals surface area contributed by atoms with E-state index in [0.29, 0.717) is 16.1 Å². The minimum Gasteiger partial charge on any atom is -0.481 e. The van der Waals surface area contributed by atoms with Gasteiger partial charge in [0.1, 0.15) is 16.6 Å². The van der Waals surface area contributed by atoms with Crippen molar-refractivity contribution in [3.63, 3.8) is 0 Å². The van der Waals surface area contributed by atoms with Gasteiger partial charge in [0.05, 0.1) is 5.56 Å². The largest absolute Gasteiger partial charge is 0.481 e. The Bertz CT molecular complexity index is 833. The molecule has 2 rings (SSSR count). The maximum Gasteiger partial charge on any atom is 0.341 e. The molecule has 0 fully saturated rings. The fraction of sp³-hybridized carbons (Fsp3) is 0.125. The first-order valence-electron chi connectivity index (χ1n) is 6.83. The van der Waals surface area contributed by atoms with Crippen LogP contribution in [0.1, 0.15) is 11.1 Å². The van der Waals surface area contributed by atoms with E-state index in [1.54, 1.807) is 6.07 Å². The smallest absolute Gasteiger partial charge is 0.341 e. The van der Waals surface area contributed by atoms with Gasteiger partial charge in [0.2, 0.25) is 0 Å². The molecule has 0 amide bonds. The van der Waals surface area contributed by atoms with Crippen molar-refractivity contribution >= 4 is 39.1 Å². The standard InChI is InChI=1S/C16H11BrF3NO3S/c17-9-2-1-8(11(18)3-9)6-21-16(25)10-4-12(19)13(20)5-14(10)24-7-15(22)23/h1-5H,6-7H2,(H,21,25)(H,22,23). The number of hydrogen-bond donors (Lipinski definition) is 2. The summed E-state index contributed by atoms with van der Waals surface area (Å²) in [7, 11) is 0. The van der Waals surface area contributed by atoms with Gasteiger partial charge < -0.3 is 15.2 Å². The number of nitrogens with one attached hydrogen (secondary N) is 1. The van der Waals surface area contributed by atoms with Crippen molar-refractivity contribution in [2.45, 2.75) is 6.54 Å². The van der Waals surface area contributed by atoms with Crippen LogP contribution in [0.15, 0.2) is 34.8 Å². The Labute approximate surface area is 154 Å². The Hall–Kier alpha value is -2.13. The van der Waals surface area contributed by atoms with Crippen LogP contribution in [0.3, 0.4) is 0 Å². The molecule has 0 saturated carbocycles. The van der Waals surface area contributed by atoms with Gasteiger partial charge in [-0.3, -0.25) is 0 Å². The average Bonchev–Trinajstić information content (AvgIpc) is 2.54. The first kappa shape index (κ1) is 19.2. The van der Waals surface area contributed by atoms with Gasteiger partial charge in [0, 0.05) is 22.6 Å². The Balaban J connectivity index is 2.19. The highest BCUT2D eigenvalue weighted by Gasteiger charge is 2.16. The van der Waals surface area contributed by atoms with Crippen LogP contribution >= 0.6 is 28.1 Å². The SMILES string of the molecule is O=C(O)COc1cc(F)c(F)cc1C(=S)NCc1ccc(Br)cc1F. The molecule has 0 saturated heterocycles. The lowest BCUT2D eigenvalue weighted by atomic mass is 10.1. The number of thiocarbonyl (C=S) groups is 1. The summed E-state index contributed by atoms with van der Waals surface area (Å²) < 4.78 is 46.2. The highest BCUT2D eigenvalue weighted by Crippen LogP contribution is 2.23. The molecular weight excluding hydrogens is 423 g/mol. The molecule has 0 spiro atoms. The Kier molecular flexibility index (Phi) is 6.38. The van der Waals surface area contributed by atoms with Crippen molar-refractivity contribution in [1.29, 1.82) is 0 Å². The normalized spacial score (nSPS) is 10.4. The molecule has 25 heavy (non-hydrogen) atoms. The van der Waals surface area contributed by atoms with E-state index in [-0.39, 0.29) is 22.8 Å². The molecule has 2 N–H and O–H groups in total. The average molecular weight is 434 g/mol. The zero-order chi connectivity index (χ0) is 18.6. The van der Waals surface area contributed by atoms with Crippen LogP contribution in [-0.2, 0) is 11.3 Å². The van der Waals surface area contributed by atoms with E-state index in [9.17, 15) is 18.0 Å². The van der Waals surface area contributed by atoms with Gasteiger partial charge in [-0.1, -0.05) is 34.2 Å². The van der Waals surface area contributed by atoms with E-state index in [4.69, 9.17) is 22.1 Å². The third-order valence-electron chi connectivity index (χ3n) is 3.07. The zero-order valence-electron chi connectivity index (χ0n) is 12.5. The number of carboxylic acid groups (broad SMARTS) is 1. The maximum atomic E-state index is 13.8. The van der Waals surface area contributed by atoms with Crippen LogP contribution < -0.4 is 10.1 Å². The minimum absolute atomic E-state index is 0.00465. The second kappa shape index (κ2) is 8.30. The van der Waals surface area contributed by atoms with E-state index in [1.165, 1.54) is 12.1 Å². The van der Waals surface area contributed by atoms with Crippen LogP contribution in [0.25, 0.3) is 0 Å². The number of carboxylic acids is 1. The number of benzene rings is 2. The Morgan fingerprint density at radius 3 is 2.48 bits per heavy atom. The third-order valence-corrected chi connectivity index (χ3v) is 3.93. The summed E-state index contributed by atoms with van der Waals surface area (Å²) in [5.74, 6) is -4.36. The molecule has 0 unspecified atom stereocenters. The van der Waals surface area contributed by atoms with Crippen LogP contribution in [0, 0.1) is 17.5 Å². The second-order valence-electron chi connectivity index (χ2n) is 4.86. The van der Waals surface area contributed by atoms with Gasteiger partial charge in [0.25, 0.3) is 0 Å². The molecule has 0 aliphatic rings. The van der Waals surface area contributed by atoms with Crippen molar-refractivity contribution in [3.05, 3.63) is 63.4 Å². The zero-order valence-corrected chi connectivity index (χ0v) is 14.9. The van der Waals surface area contributed by atoms with Crippen LogP contribution in [0.5, 0.6) is 5.75 Å². The molecular formula is C16H11BrF3NO3S. The monoisotopic (exact) mass is 433 g/mol. The lowest BCUT2D eigenvalue weighted by Crippen LogP contribution is -2.24. The predicted molar refractivity (Wildman–Crippen MR) is 92.1 cm³/mol. The topological polar surface area (TPSA) is 58.6 Å². The summed E-state index contributed by atoms with van der Waals surface area (Å²) in [5.41, 5.74) is 0.272. The van der Waals surface area contributed by atoms with Crippen molar-refractivity contribution in [3.8, 4) is 5.75 Å². The van der Waals surface area contributed by atoms with Gasteiger partial charge in [-0.15, -0.1) is 0 Å². The molecule has 0 atom stereocenters. The number of ether oxygens (including phenoxy) is 1. The summed E-state index contributed by atoms with van der Waals surface area (Å²) >= 11 is 8.24. The first-order valence-corrected chi connectivity index (χ1v) is 8.04. The number of rotatable bonds is 6. The van der Waals surface area contributed by atoms with E-state index in [0.717, 1.165) is 6.07 Å². The molecule has 2 aromatic rings. The molecule has 132 valence electrons. The molecule has 4 nitrogen and oxygen atoms in total. The summed E-state index contributed by atoms with van der Waals surface area (Å²) in [4.78, 5) is 10.6. The van der Waals surface area contributed by atoms with Gasteiger partial charge in [-0.25, -0.2) is 18.0 Å². The predicted octanol–water partition coefficient (Wildman–Crippen LogP) is 3.80. The number of carbonyl (C=O) groups is 1. The summed E-state index contributed by atoms with van der Waals surface area (Å²) in [6.07, 6.45) is 0. The van der Waals surface area contributed by atoms with Gasteiger partial charge >= 0.3 is 5.97 Å². The molecule has 2 aromatic carbocycles. The van der Waals surface area contributed by atoms with Crippen LogP contribution in [0.2, 0.25) is 0 Å². The van der Waals surface area contributed by atoms with Crippen molar-refractivity contribution in [2.75, 3.05) is 6.61 Å². The van der Waals surface area contributed by atoms with E-state index < -0.39 is 30.0 Å². The number of hydrogen-bond acceptors (Lipinski definition) is 3. The van der Waals surface area contributed by atoms with Crippen LogP contribution in [0.4, 0.5) is 13.2 Å². The molecule has 0 bridgehead atoms. The van der Waals surface area contributed by atoms with Crippen molar-refractivity contribution in [2.24, 2.45) is 0 Å². The highest BCUT2D eigenvalue weighted by molar-refractivity contribution is 9.10. The molecule has 9 heteroatoms. The number of aliphatic carboxylic acids is 1. The fourth-order valence-corrected chi connectivity index (χ4v) is 2.47. The summed E-state index contributed by atoms with van der Waals surface area (Å²) in [6, 6.07) is 5.95. The molecule has 0 radical (unpaired) electrons. The van der Waals surface area contributed by atoms with Gasteiger partial charge in [0.15, 0.2) is 18.2 Å². The van der Waals surface area contributed by atoms with E-state index in [2.05, 4.69) is 21.2 Å². The van der Waals surface area contributed by atoms with Crippen molar-refractivity contribution in [1.82, 2.24) is 5.32 Å². The quantitative estimate of drug-likeness (QED) is 0.678. The lowest BCUT2D eigenvalue weighted by molar-refractivity contribution is -0.139. The third kappa shape index (κ3) is 5.17. The first-order chi connectivity index (χ1) is 11.8. The Morgan fingerprint density at radius 1 is 1.16 bits per heavy atom. The summed E-state index contributed by atoms with van der Waals surface area (Å²) in [6.45, 7) is -0.753. The van der Waals surface area contributed by atoms with Gasteiger partial charge in [-0.05, 0) is 18.2 Å². The molecule has 0 aromatic heterocycles. The van der Waals surface area contributed by atoms with E-state index in [1.807, 2.05) is 0 Å². The molecule has 0 aliphatic heterocycles. The molecule has 0 aliphatic carbocycles. The Morgan fingerprint density at radius 2 is 1.84 bits per heavy atom. The highest BCUT2D eigenvalue weighted by atomic mass is 79.9. The summed E-state index contributed by atoms with van der Waals surface area (Å²) in [5, 5.41) is 11.4.